The topological polar surface area (TPSA) is 128 Å². The van der Waals surface area contributed by atoms with E-state index in [2.05, 4.69) is 10.6 Å². The third kappa shape index (κ3) is 7.66. The van der Waals surface area contributed by atoms with Gasteiger partial charge in [0.25, 0.3) is 17.5 Å². The lowest BCUT2D eigenvalue weighted by Gasteiger charge is -2.23. The number of ether oxygens (including phenoxy) is 1. The molecule has 1 aromatic rings. The van der Waals surface area contributed by atoms with Crippen molar-refractivity contribution in [3.63, 3.8) is 0 Å². The van der Waals surface area contributed by atoms with E-state index in [0.717, 1.165) is 31.7 Å². The van der Waals surface area contributed by atoms with Crippen molar-refractivity contribution in [3.8, 4) is 0 Å². The van der Waals surface area contributed by atoms with Crippen LogP contribution in [-0.4, -0.2) is 53.4 Å². The Labute approximate surface area is 179 Å². The normalized spacial score (nSPS) is 15.1. The molecule has 0 heterocycles. The van der Waals surface area contributed by atoms with Gasteiger partial charge in [-0.05, 0) is 37.3 Å². The summed E-state index contributed by atoms with van der Waals surface area (Å²) < 4.78 is 5.12. The monoisotopic (exact) mass is 437 g/mol. The van der Waals surface area contributed by atoms with Crippen LogP contribution in [0, 0.1) is 10.1 Å². The number of nitrogens with zero attached hydrogens (tertiary/aromatic N) is 1. The Morgan fingerprint density at radius 2 is 2.00 bits per heavy atom. The van der Waals surface area contributed by atoms with Crippen molar-refractivity contribution >= 4 is 35.2 Å². The van der Waals surface area contributed by atoms with Crippen molar-refractivity contribution in [1.82, 2.24) is 10.6 Å². The molecule has 1 atom stereocenters. The largest absolute Gasteiger partial charge is 0.454 e. The zero-order valence-corrected chi connectivity index (χ0v) is 17.7. The van der Waals surface area contributed by atoms with Crippen LogP contribution >= 0.6 is 11.8 Å². The number of rotatable bonds is 10. The Hall–Kier alpha value is -2.62. The van der Waals surface area contributed by atoms with E-state index in [-0.39, 0.29) is 23.2 Å². The fourth-order valence-corrected chi connectivity index (χ4v) is 3.71. The highest BCUT2D eigenvalue weighted by Crippen LogP contribution is 2.17. The molecule has 0 aliphatic heterocycles. The fourth-order valence-electron chi connectivity index (χ4n) is 3.24. The van der Waals surface area contributed by atoms with Gasteiger partial charge in [-0.15, -0.1) is 0 Å². The summed E-state index contributed by atoms with van der Waals surface area (Å²) in [5, 5.41) is 16.3. The smallest absolute Gasteiger partial charge is 0.329 e. The summed E-state index contributed by atoms with van der Waals surface area (Å²) in [7, 11) is 0. The first-order chi connectivity index (χ1) is 14.4. The van der Waals surface area contributed by atoms with Crippen molar-refractivity contribution in [2.45, 2.75) is 50.6 Å². The second-order valence-electron chi connectivity index (χ2n) is 7.13. The molecule has 2 rings (SSSR count). The molecule has 2 N–H and O–H groups in total. The van der Waals surface area contributed by atoms with Crippen LogP contribution in [0.4, 0.5) is 5.69 Å². The average molecular weight is 438 g/mol. The lowest BCUT2D eigenvalue weighted by atomic mass is 9.95. The van der Waals surface area contributed by atoms with Crippen LogP contribution in [0.1, 0.15) is 48.9 Å². The minimum Gasteiger partial charge on any atom is -0.454 e. The molecule has 1 fully saturated rings. The molecule has 1 saturated carbocycles. The van der Waals surface area contributed by atoms with Crippen LogP contribution in [0.2, 0.25) is 0 Å². The Morgan fingerprint density at radius 1 is 1.27 bits per heavy atom. The third-order valence-corrected chi connectivity index (χ3v) is 5.48. The predicted octanol–water partition coefficient (Wildman–Crippen LogP) is 2.44. The van der Waals surface area contributed by atoms with Gasteiger partial charge in [0.05, 0.1) is 4.92 Å². The van der Waals surface area contributed by atoms with Crippen molar-refractivity contribution in [3.05, 3.63) is 39.9 Å². The number of non-ortho nitro benzene ring substituents is 1. The molecule has 1 aliphatic rings. The number of nitro benzene ring substituents is 1. The maximum absolute atomic E-state index is 12.5. The van der Waals surface area contributed by atoms with E-state index in [1.54, 1.807) is 0 Å². The van der Waals surface area contributed by atoms with Gasteiger partial charge >= 0.3 is 5.97 Å². The predicted molar refractivity (Wildman–Crippen MR) is 113 cm³/mol. The number of thioether (sulfide) groups is 1. The van der Waals surface area contributed by atoms with Gasteiger partial charge in [0.15, 0.2) is 6.61 Å². The average Bonchev–Trinajstić information content (AvgIpc) is 2.75. The summed E-state index contributed by atoms with van der Waals surface area (Å²) in [5.74, 6) is -1.10. The van der Waals surface area contributed by atoms with E-state index in [9.17, 15) is 24.5 Å². The molecule has 30 heavy (non-hydrogen) atoms. The summed E-state index contributed by atoms with van der Waals surface area (Å²) >= 11 is 1.50. The second-order valence-corrected chi connectivity index (χ2v) is 8.11. The molecule has 164 valence electrons. The van der Waals surface area contributed by atoms with Crippen LogP contribution in [0.5, 0.6) is 0 Å². The van der Waals surface area contributed by atoms with Crippen LogP contribution < -0.4 is 10.6 Å². The lowest BCUT2D eigenvalue weighted by Crippen LogP contribution is -2.44. The third-order valence-electron chi connectivity index (χ3n) is 4.84. The molecule has 0 bridgehead atoms. The van der Waals surface area contributed by atoms with E-state index in [0.29, 0.717) is 12.2 Å². The Balaban J connectivity index is 1.92. The molecular formula is C20H27N3O6S. The van der Waals surface area contributed by atoms with Gasteiger partial charge in [-0.1, -0.05) is 25.3 Å². The minimum absolute atomic E-state index is 0.0705. The number of hydrogen-bond acceptors (Lipinski definition) is 7. The molecule has 2 amide bonds. The van der Waals surface area contributed by atoms with Gasteiger partial charge in [-0.3, -0.25) is 19.7 Å². The first-order valence-electron chi connectivity index (χ1n) is 9.91. The van der Waals surface area contributed by atoms with Gasteiger partial charge in [-0.25, -0.2) is 4.79 Å². The molecule has 0 aromatic heterocycles. The molecule has 10 heteroatoms. The summed E-state index contributed by atoms with van der Waals surface area (Å²) in [5.41, 5.74) is -0.147. The van der Waals surface area contributed by atoms with Crippen LogP contribution in [0.3, 0.4) is 0 Å². The SMILES string of the molecule is CSCCC(NC(=O)c1cccc([N+](=O)[O-])c1)C(=O)OCC(=O)NC1CCCCC1. The molecule has 1 unspecified atom stereocenters. The highest BCUT2D eigenvalue weighted by atomic mass is 32.2. The van der Waals surface area contributed by atoms with Gasteiger partial charge in [0, 0.05) is 23.7 Å². The number of benzene rings is 1. The molecule has 9 nitrogen and oxygen atoms in total. The van der Waals surface area contributed by atoms with E-state index in [1.165, 1.54) is 36.4 Å². The van der Waals surface area contributed by atoms with Crippen molar-refractivity contribution in [2.24, 2.45) is 0 Å². The Bertz CT molecular complexity index is 767. The Morgan fingerprint density at radius 3 is 2.67 bits per heavy atom. The summed E-state index contributed by atoms with van der Waals surface area (Å²) in [6.07, 6.45) is 7.34. The molecule has 0 spiro atoms. The highest BCUT2D eigenvalue weighted by molar-refractivity contribution is 7.98. The number of carbonyl (C=O) groups is 3. The maximum Gasteiger partial charge on any atom is 0.329 e. The van der Waals surface area contributed by atoms with Gasteiger partial charge in [0.2, 0.25) is 0 Å². The zero-order valence-electron chi connectivity index (χ0n) is 16.9. The van der Waals surface area contributed by atoms with Crippen LogP contribution in [0.25, 0.3) is 0 Å². The van der Waals surface area contributed by atoms with Crippen LogP contribution in [-0.2, 0) is 14.3 Å². The minimum atomic E-state index is -0.952. The van der Waals surface area contributed by atoms with Crippen molar-refractivity contribution < 1.29 is 24.0 Å². The highest BCUT2D eigenvalue weighted by Gasteiger charge is 2.24. The number of nitrogens with one attached hydrogen (secondary N) is 2. The summed E-state index contributed by atoms with van der Waals surface area (Å²) in [6.45, 7) is -0.405. The fraction of sp³-hybridized carbons (Fsp3) is 0.550. The standard InChI is InChI=1S/C20H27N3O6S/c1-30-11-10-17(22-19(25)14-6-5-9-16(12-14)23(27)28)20(26)29-13-18(24)21-15-7-3-2-4-8-15/h5-6,9,12,15,17H,2-4,7-8,10-11,13H2,1H3,(H,21,24)(H,22,25). The van der Waals surface area contributed by atoms with Crippen LogP contribution in [0.15, 0.2) is 24.3 Å². The van der Waals surface area contributed by atoms with Crippen molar-refractivity contribution in [1.29, 1.82) is 0 Å². The maximum atomic E-state index is 12.5. The van der Waals surface area contributed by atoms with Crippen molar-refractivity contribution in [2.75, 3.05) is 18.6 Å². The quantitative estimate of drug-likeness (QED) is 0.327. The summed E-state index contributed by atoms with van der Waals surface area (Å²) in [6, 6.07) is 4.41. The van der Waals surface area contributed by atoms with Gasteiger partial charge < -0.3 is 15.4 Å². The Kier molecular flexibility index (Phi) is 9.59. The summed E-state index contributed by atoms with van der Waals surface area (Å²) in [4.78, 5) is 47.3. The van der Waals surface area contributed by atoms with E-state index in [1.807, 2.05) is 6.26 Å². The van der Waals surface area contributed by atoms with E-state index >= 15 is 0 Å². The first-order valence-corrected chi connectivity index (χ1v) is 11.3. The molecule has 1 aromatic carbocycles. The molecule has 0 radical (unpaired) electrons. The zero-order chi connectivity index (χ0) is 21.9. The molecular weight excluding hydrogens is 410 g/mol. The first kappa shape index (κ1) is 23.7. The number of carbonyl (C=O) groups excluding carboxylic acids is 3. The lowest BCUT2D eigenvalue weighted by molar-refractivity contribution is -0.384. The number of nitro groups is 1. The number of amides is 2. The number of hydrogen-bond donors (Lipinski definition) is 2. The van der Waals surface area contributed by atoms with E-state index < -0.39 is 29.4 Å². The van der Waals surface area contributed by atoms with E-state index in [4.69, 9.17) is 4.74 Å². The molecule has 0 saturated heterocycles. The van der Waals surface area contributed by atoms with Gasteiger partial charge in [-0.2, -0.15) is 11.8 Å². The van der Waals surface area contributed by atoms with Gasteiger partial charge in [0.1, 0.15) is 6.04 Å². The second kappa shape index (κ2) is 12.2. The molecule has 1 aliphatic carbocycles. The number of esters is 1.